The molecule has 0 amide bonds. The first-order valence-electron chi connectivity index (χ1n) is 7.12. The van der Waals surface area contributed by atoms with Crippen LogP contribution < -0.4 is 5.32 Å². The molecule has 1 aromatic carbocycles. The van der Waals surface area contributed by atoms with Gasteiger partial charge in [0.2, 0.25) is 0 Å². The van der Waals surface area contributed by atoms with Gasteiger partial charge >= 0.3 is 0 Å². The summed E-state index contributed by atoms with van der Waals surface area (Å²) in [5.41, 5.74) is 3.21. The smallest absolute Gasteiger partial charge is 0.176 e. The molecule has 3 nitrogen and oxygen atoms in total. The van der Waals surface area contributed by atoms with Crippen LogP contribution in [-0.4, -0.2) is 43.4 Å². The van der Waals surface area contributed by atoms with E-state index in [-0.39, 0.29) is 5.78 Å². The molecule has 0 spiro atoms. The molecule has 0 saturated heterocycles. The molecule has 0 aliphatic carbocycles. The predicted octanol–water partition coefficient (Wildman–Crippen LogP) is 2.42. The number of nitrogens with zero attached hydrogens (tertiary/aromatic N) is 1. The highest BCUT2D eigenvalue weighted by Gasteiger charge is 2.06. The number of Topliss-reactive ketones (excluding diaryl/α,β-unsaturated/α-hetero) is 1. The lowest BCUT2D eigenvalue weighted by Gasteiger charge is -2.17. The van der Waals surface area contributed by atoms with Gasteiger partial charge in [0.05, 0.1) is 6.54 Å². The summed E-state index contributed by atoms with van der Waals surface area (Å²) in [5.74, 6) is 0.169. The molecule has 0 aliphatic rings. The van der Waals surface area contributed by atoms with Gasteiger partial charge in [0.1, 0.15) is 0 Å². The van der Waals surface area contributed by atoms with Gasteiger partial charge in [-0.15, -0.1) is 0 Å². The Morgan fingerprint density at radius 2 is 1.84 bits per heavy atom. The van der Waals surface area contributed by atoms with Gasteiger partial charge in [0.15, 0.2) is 5.78 Å². The second-order valence-corrected chi connectivity index (χ2v) is 4.93. The number of carbonyl (C=O) groups is 1. The number of carbonyl (C=O) groups excluding carboxylic acids is 1. The highest BCUT2D eigenvalue weighted by Crippen LogP contribution is 2.09. The van der Waals surface area contributed by atoms with Crippen LogP contribution in [0.4, 0.5) is 0 Å². The van der Waals surface area contributed by atoms with E-state index in [0.717, 1.165) is 31.7 Å². The molecule has 0 aromatic heterocycles. The Labute approximate surface area is 117 Å². The zero-order valence-corrected chi connectivity index (χ0v) is 12.6. The van der Waals surface area contributed by atoms with Crippen molar-refractivity contribution in [3.63, 3.8) is 0 Å². The molecule has 0 fully saturated rings. The van der Waals surface area contributed by atoms with Crippen LogP contribution in [0.1, 0.15) is 35.3 Å². The number of hydrogen-bond donors (Lipinski definition) is 1. The van der Waals surface area contributed by atoms with E-state index < -0.39 is 0 Å². The van der Waals surface area contributed by atoms with Crippen molar-refractivity contribution in [1.29, 1.82) is 0 Å². The lowest BCUT2D eigenvalue weighted by molar-refractivity contribution is 0.0990. The van der Waals surface area contributed by atoms with E-state index >= 15 is 0 Å². The van der Waals surface area contributed by atoms with Crippen LogP contribution >= 0.6 is 0 Å². The maximum absolute atomic E-state index is 12.0. The Balaban J connectivity index is 2.37. The summed E-state index contributed by atoms with van der Waals surface area (Å²) in [5, 5.41) is 3.23. The van der Waals surface area contributed by atoms with Gasteiger partial charge < -0.3 is 10.2 Å². The lowest BCUT2D eigenvalue weighted by Crippen LogP contribution is -2.34. The number of benzene rings is 1. The van der Waals surface area contributed by atoms with Crippen LogP contribution in [0.2, 0.25) is 0 Å². The van der Waals surface area contributed by atoms with Crippen LogP contribution in [-0.2, 0) is 0 Å². The van der Waals surface area contributed by atoms with E-state index in [2.05, 4.69) is 31.0 Å². The van der Waals surface area contributed by atoms with Crippen molar-refractivity contribution in [1.82, 2.24) is 10.2 Å². The van der Waals surface area contributed by atoms with Crippen LogP contribution in [0.3, 0.4) is 0 Å². The van der Waals surface area contributed by atoms with Gasteiger partial charge in [-0.3, -0.25) is 4.79 Å². The summed E-state index contributed by atoms with van der Waals surface area (Å²) in [6.45, 7) is 12.8. The number of nitrogens with one attached hydrogen (secondary N) is 1. The molecular formula is C16H26N2O. The quantitative estimate of drug-likeness (QED) is 0.577. The zero-order valence-electron chi connectivity index (χ0n) is 12.6. The van der Waals surface area contributed by atoms with Crippen LogP contribution in [0.15, 0.2) is 18.2 Å². The minimum atomic E-state index is 0.169. The number of hydrogen-bond acceptors (Lipinski definition) is 3. The van der Waals surface area contributed by atoms with E-state index in [9.17, 15) is 4.79 Å². The first-order valence-corrected chi connectivity index (χ1v) is 7.12. The van der Waals surface area contributed by atoms with E-state index in [1.165, 1.54) is 11.1 Å². The Morgan fingerprint density at radius 3 is 2.42 bits per heavy atom. The molecule has 0 heterocycles. The molecule has 0 unspecified atom stereocenters. The Morgan fingerprint density at radius 1 is 1.16 bits per heavy atom. The maximum atomic E-state index is 12.0. The number of ketones is 1. The average molecular weight is 262 g/mol. The molecule has 19 heavy (non-hydrogen) atoms. The Hall–Kier alpha value is -1.19. The molecule has 0 radical (unpaired) electrons. The third-order valence-electron chi connectivity index (χ3n) is 3.61. The van der Waals surface area contributed by atoms with Crippen molar-refractivity contribution >= 4 is 5.78 Å². The van der Waals surface area contributed by atoms with Gasteiger partial charge in [-0.05, 0) is 44.1 Å². The molecule has 0 atom stereocenters. The molecule has 0 aliphatic heterocycles. The van der Waals surface area contributed by atoms with Crippen molar-refractivity contribution in [3.8, 4) is 0 Å². The maximum Gasteiger partial charge on any atom is 0.176 e. The summed E-state index contributed by atoms with van der Waals surface area (Å²) in [4.78, 5) is 14.4. The fourth-order valence-electron chi connectivity index (χ4n) is 2.00. The third kappa shape index (κ3) is 5.13. The summed E-state index contributed by atoms with van der Waals surface area (Å²) in [7, 11) is 0. The van der Waals surface area contributed by atoms with Gasteiger partial charge in [0, 0.05) is 18.7 Å². The molecule has 106 valence electrons. The summed E-state index contributed by atoms with van der Waals surface area (Å²) < 4.78 is 0. The first kappa shape index (κ1) is 15.9. The molecular weight excluding hydrogens is 236 g/mol. The average Bonchev–Trinajstić information content (AvgIpc) is 2.42. The van der Waals surface area contributed by atoms with Crippen LogP contribution in [0.25, 0.3) is 0 Å². The van der Waals surface area contributed by atoms with Crippen molar-refractivity contribution < 1.29 is 4.79 Å². The molecule has 0 saturated carbocycles. The second-order valence-electron chi connectivity index (χ2n) is 4.93. The SMILES string of the molecule is CCN(CC)CCNCC(=O)c1ccc(C)c(C)c1. The van der Waals surface area contributed by atoms with Gasteiger partial charge in [-0.1, -0.05) is 26.0 Å². The van der Waals surface area contributed by atoms with Crippen molar-refractivity contribution in [3.05, 3.63) is 34.9 Å². The Bertz CT molecular complexity index is 411. The molecule has 0 bridgehead atoms. The highest BCUT2D eigenvalue weighted by atomic mass is 16.1. The van der Waals surface area contributed by atoms with Gasteiger partial charge in [-0.2, -0.15) is 0 Å². The van der Waals surface area contributed by atoms with Crippen LogP contribution in [0.5, 0.6) is 0 Å². The molecule has 1 N–H and O–H groups in total. The van der Waals surface area contributed by atoms with Gasteiger partial charge in [-0.25, -0.2) is 0 Å². The van der Waals surface area contributed by atoms with E-state index in [1.807, 2.05) is 25.1 Å². The second kappa shape index (κ2) is 8.08. The zero-order chi connectivity index (χ0) is 14.3. The fourth-order valence-corrected chi connectivity index (χ4v) is 2.00. The third-order valence-corrected chi connectivity index (χ3v) is 3.61. The van der Waals surface area contributed by atoms with Crippen LogP contribution in [0, 0.1) is 13.8 Å². The topological polar surface area (TPSA) is 32.3 Å². The van der Waals surface area contributed by atoms with Gasteiger partial charge in [0.25, 0.3) is 0 Å². The molecule has 3 heteroatoms. The summed E-state index contributed by atoms with van der Waals surface area (Å²) in [6, 6.07) is 5.90. The standard InChI is InChI=1S/C16H26N2O/c1-5-18(6-2)10-9-17-12-16(19)15-8-7-13(3)14(4)11-15/h7-8,11,17H,5-6,9-10,12H2,1-4H3. The minimum Gasteiger partial charge on any atom is -0.308 e. The first-order chi connectivity index (χ1) is 9.08. The van der Waals surface area contributed by atoms with Crippen molar-refractivity contribution in [2.24, 2.45) is 0 Å². The fraction of sp³-hybridized carbons (Fsp3) is 0.562. The normalized spacial score (nSPS) is 11.0. The monoisotopic (exact) mass is 262 g/mol. The summed E-state index contributed by atoms with van der Waals surface area (Å²) in [6.07, 6.45) is 0. The number of rotatable bonds is 8. The number of aryl methyl sites for hydroxylation is 2. The van der Waals surface area contributed by atoms with E-state index in [4.69, 9.17) is 0 Å². The van der Waals surface area contributed by atoms with Crippen molar-refractivity contribution in [2.75, 3.05) is 32.7 Å². The lowest BCUT2D eigenvalue weighted by atomic mass is 10.0. The largest absolute Gasteiger partial charge is 0.308 e. The summed E-state index contributed by atoms with van der Waals surface area (Å²) >= 11 is 0. The number of likely N-dealkylation sites (N-methyl/N-ethyl adjacent to an activating group) is 1. The minimum absolute atomic E-state index is 0.169. The molecule has 1 aromatic rings. The Kier molecular flexibility index (Phi) is 6.74. The predicted molar refractivity (Wildman–Crippen MR) is 80.9 cm³/mol. The van der Waals surface area contributed by atoms with E-state index in [0.29, 0.717) is 6.54 Å². The highest BCUT2D eigenvalue weighted by molar-refractivity contribution is 5.97. The van der Waals surface area contributed by atoms with E-state index in [1.54, 1.807) is 0 Å². The van der Waals surface area contributed by atoms with Crippen molar-refractivity contribution in [2.45, 2.75) is 27.7 Å². The molecule has 1 rings (SSSR count).